The minimum absolute atomic E-state index is 0.0701. The van der Waals surface area contributed by atoms with E-state index in [2.05, 4.69) is 10.3 Å². The molecule has 8 heteroatoms. The summed E-state index contributed by atoms with van der Waals surface area (Å²) >= 11 is 0. The quantitative estimate of drug-likeness (QED) is 0.780. The van der Waals surface area contributed by atoms with E-state index < -0.39 is 10.0 Å². The number of hydrogen-bond donors (Lipinski definition) is 1. The monoisotopic (exact) mass is 337 g/mol. The highest BCUT2D eigenvalue weighted by atomic mass is 32.2. The maximum absolute atomic E-state index is 11.9. The number of pyridine rings is 1. The molecule has 0 saturated heterocycles. The normalized spacial score (nSPS) is 11.6. The van der Waals surface area contributed by atoms with E-state index >= 15 is 0 Å². The summed E-state index contributed by atoms with van der Waals surface area (Å²) in [6.07, 6.45) is 4.31. The molecule has 2 aromatic heterocycles. The van der Waals surface area contributed by atoms with Crippen LogP contribution in [0.1, 0.15) is 17.9 Å². The highest BCUT2D eigenvalue weighted by Crippen LogP contribution is 2.09. The number of rotatable bonds is 8. The van der Waals surface area contributed by atoms with Crippen LogP contribution in [0.5, 0.6) is 0 Å². The number of furan rings is 1. The van der Waals surface area contributed by atoms with Gasteiger partial charge in [-0.3, -0.25) is 9.78 Å². The van der Waals surface area contributed by atoms with Crippen molar-refractivity contribution in [3.8, 4) is 0 Å². The maximum atomic E-state index is 11.9. The molecule has 2 rings (SSSR count). The van der Waals surface area contributed by atoms with Crippen LogP contribution in [0.3, 0.4) is 0 Å². The Morgan fingerprint density at radius 1 is 1.30 bits per heavy atom. The Morgan fingerprint density at radius 3 is 2.74 bits per heavy atom. The molecule has 23 heavy (non-hydrogen) atoms. The summed E-state index contributed by atoms with van der Waals surface area (Å²) in [5.41, 5.74) is 0.747. The van der Waals surface area contributed by atoms with Crippen LogP contribution < -0.4 is 5.32 Å². The second-order valence-corrected chi connectivity index (χ2v) is 7.01. The first-order valence-corrected chi connectivity index (χ1v) is 8.94. The average molecular weight is 337 g/mol. The van der Waals surface area contributed by atoms with Crippen molar-refractivity contribution in [1.82, 2.24) is 14.6 Å². The molecule has 0 fully saturated rings. The van der Waals surface area contributed by atoms with Crippen LogP contribution in [0.15, 0.2) is 47.2 Å². The molecule has 7 nitrogen and oxygen atoms in total. The minimum atomic E-state index is -3.42. The maximum Gasteiger partial charge on any atom is 0.221 e. The van der Waals surface area contributed by atoms with Crippen molar-refractivity contribution in [3.05, 3.63) is 54.2 Å². The number of nitrogens with one attached hydrogen (secondary N) is 1. The van der Waals surface area contributed by atoms with Crippen molar-refractivity contribution >= 4 is 15.9 Å². The van der Waals surface area contributed by atoms with Gasteiger partial charge in [0.05, 0.1) is 31.3 Å². The van der Waals surface area contributed by atoms with Crippen molar-refractivity contribution in [1.29, 1.82) is 0 Å². The number of amides is 1. The van der Waals surface area contributed by atoms with E-state index in [1.807, 2.05) is 6.07 Å². The fourth-order valence-electron chi connectivity index (χ4n) is 1.94. The number of aromatic nitrogens is 1. The van der Waals surface area contributed by atoms with Gasteiger partial charge in [0.15, 0.2) is 0 Å². The lowest BCUT2D eigenvalue weighted by Crippen LogP contribution is -2.34. The number of carbonyl (C=O) groups is 1. The van der Waals surface area contributed by atoms with Gasteiger partial charge < -0.3 is 9.73 Å². The molecule has 0 spiro atoms. The number of carbonyl (C=O) groups excluding carboxylic acids is 1. The smallest absolute Gasteiger partial charge is 0.221 e. The third-order valence-electron chi connectivity index (χ3n) is 3.16. The first-order chi connectivity index (χ1) is 10.9. The van der Waals surface area contributed by atoms with Crippen molar-refractivity contribution in [2.24, 2.45) is 0 Å². The Morgan fingerprint density at radius 2 is 2.13 bits per heavy atom. The average Bonchev–Trinajstić information content (AvgIpc) is 3.02. The molecule has 0 aliphatic carbocycles. The summed E-state index contributed by atoms with van der Waals surface area (Å²) in [6, 6.07) is 8.82. The summed E-state index contributed by atoms with van der Waals surface area (Å²) in [4.78, 5) is 16.0. The number of nitrogens with zero attached hydrogens (tertiary/aromatic N) is 2. The molecule has 2 heterocycles. The zero-order chi connectivity index (χ0) is 16.7. The fourth-order valence-corrected chi connectivity index (χ4v) is 2.73. The van der Waals surface area contributed by atoms with Crippen molar-refractivity contribution in [2.75, 3.05) is 12.8 Å². The van der Waals surface area contributed by atoms with Crippen LogP contribution in [-0.2, 0) is 27.9 Å². The lowest BCUT2D eigenvalue weighted by molar-refractivity contribution is -0.121. The summed E-state index contributed by atoms with van der Waals surface area (Å²) in [6.45, 7) is 0.518. The van der Waals surface area contributed by atoms with E-state index in [1.165, 1.54) is 10.6 Å². The highest BCUT2D eigenvalue weighted by Gasteiger charge is 2.19. The van der Waals surface area contributed by atoms with E-state index in [0.717, 1.165) is 11.9 Å². The molecule has 0 aliphatic heterocycles. The van der Waals surface area contributed by atoms with Gasteiger partial charge in [-0.2, -0.15) is 4.31 Å². The van der Waals surface area contributed by atoms with Gasteiger partial charge in [0.2, 0.25) is 15.9 Å². The lowest BCUT2D eigenvalue weighted by Gasteiger charge is -2.18. The largest absolute Gasteiger partial charge is 0.468 e. The standard InChI is InChI=1S/C15H19N3O4S/c1-23(20,21)18(12-14-6-4-10-22-14)9-7-15(19)17-11-13-5-2-3-8-16-13/h2-6,8,10H,7,9,11-12H2,1H3,(H,17,19). The number of sulfonamides is 1. The van der Waals surface area contributed by atoms with Gasteiger partial charge in [-0.25, -0.2) is 8.42 Å². The third-order valence-corrected chi connectivity index (χ3v) is 4.41. The van der Waals surface area contributed by atoms with Gasteiger partial charge in [-0.1, -0.05) is 6.07 Å². The summed E-state index contributed by atoms with van der Waals surface area (Å²) in [5, 5.41) is 2.72. The van der Waals surface area contributed by atoms with Crippen molar-refractivity contribution in [3.63, 3.8) is 0 Å². The summed E-state index contributed by atoms with van der Waals surface area (Å²) < 4.78 is 30.0. The molecule has 0 atom stereocenters. The van der Waals surface area contributed by atoms with Crippen LogP contribution >= 0.6 is 0 Å². The zero-order valence-corrected chi connectivity index (χ0v) is 13.6. The summed E-state index contributed by atoms with van der Waals surface area (Å²) in [5.74, 6) is 0.299. The molecule has 0 saturated carbocycles. The molecule has 2 aromatic rings. The van der Waals surface area contributed by atoms with Crippen LogP contribution in [0.25, 0.3) is 0 Å². The first-order valence-electron chi connectivity index (χ1n) is 7.09. The molecular formula is C15H19N3O4S. The molecule has 0 unspecified atom stereocenters. The molecule has 0 aromatic carbocycles. The Labute approximate surface area is 135 Å². The van der Waals surface area contributed by atoms with E-state index in [1.54, 1.807) is 30.5 Å². The van der Waals surface area contributed by atoms with E-state index in [-0.39, 0.29) is 25.4 Å². The van der Waals surface area contributed by atoms with Gasteiger partial charge >= 0.3 is 0 Å². The molecule has 0 radical (unpaired) electrons. The van der Waals surface area contributed by atoms with E-state index in [9.17, 15) is 13.2 Å². The zero-order valence-electron chi connectivity index (χ0n) is 12.8. The lowest BCUT2D eigenvalue weighted by atomic mass is 10.3. The van der Waals surface area contributed by atoms with Gasteiger partial charge in [-0.15, -0.1) is 0 Å². The van der Waals surface area contributed by atoms with E-state index in [4.69, 9.17) is 4.42 Å². The predicted molar refractivity (Wildman–Crippen MR) is 84.7 cm³/mol. The Bertz CT molecular complexity index is 714. The summed E-state index contributed by atoms with van der Waals surface area (Å²) in [7, 11) is -3.42. The van der Waals surface area contributed by atoms with Crippen molar-refractivity contribution < 1.29 is 17.6 Å². The molecular weight excluding hydrogens is 318 g/mol. The topological polar surface area (TPSA) is 92.5 Å². The third kappa shape index (κ3) is 5.84. The SMILES string of the molecule is CS(=O)(=O)N(CCC(=O)NCc1ccccn1)Cc1ccco1. The fraction of sp³-hybridized carbons (Fsp3) is 0.333. The van der Waals surface area contributed by atoms with Gasteiger partial charge in [0.1, 0.15) is 5.76 Å². The number of hydrogen-bond acceptors (Lipinski definition) is 5. The minimum Gasteiger partial charge on any atom is -0.468 e. The Kier molecular flexibility index (Phi) is 5.89. The van der Waals surface area contributed by atoms with Gasteiger partial charge in [-0.05, 0) is 24.3 Å². The van der Waals surface area contributed by atoms with Gasteiger partial charge in [0, 0.05) is 19.2 Å². The second kappa shape index (κ2) is 7.89. The Hall–Kier alpha value is -2.19. The Balaban J connectivity index is 1.84. The second-order valence-electron chi connectivity index (χ2n) is 5.02. The molecule has 1 amide bonds. The highest BCUT2D eigenvalue weighted by molar-refractivity contribution is 7.88. The first kappa shape index (κ1) is 17.2. The van der Waals surface area contributed by atoms with E-state index in [0.29, 0.717) is 12.3 Å². The molecule has 1 N–H and O–H groups in total. The van der Waals surface area contributed by atoms with Crippen molar-refractivity contribution in [2.45, 2.75) is 19.5 Å². The van der Waals surface area contributed by atoms with Crippen LogP contribution in [0.4, 0.5) is 0 Å². The van der Waals surface area contributed by atoms with Crippen LogP contribution in [0.2, 0.25) is 0 Å². The molecule has 0 bridgehead atoms. The molecule has 124 valence electrons. The van der Waals surface area contributed by atoms with Gasteiger partial charge in [0.25, 0.3) is 0 Å². The van der Waals surface area contributed by atoms with Crippen LogP contribution in [0, 0.1) is 0 Å². The molecule has 0 aliphatic rings. The van der Waals surface area contributed by atoms with Crippen LogP contribution in [-0.4, -0.2) is 36.4 Å². The predicted octanol–water partition coefficient (Wildman–Crippen LogP) is 1.14.